The van der Waals surface area contributed by atoms with Crippen LogP contribution < -0.4 is 10.6 Å². The molecule has 5 nitrogen and oxygen atoms in total. The lowest BCUT2D eigenvalue weighted by Crippen LogP contribution is -2.41. The fourth-order valence-corrected chi connectivity index (χ4v) is 3.04. The molecule has 0 saturated heterocycles. The number of guanidine groups is 1. The van der Waals surface area contributed by atoms with E-state index in [1.807, 2.05) is 6.07 Å². The Kier molecular flexibility index (Phi) is 11.2. The van der Waals surface area contributed by atoms with Crippen LogP contribution in [0.4, 0.5) is 4.39 Å². The maximum absolute atomic E-state index is 13.5. The summed E-state index contributed by atoms with van der Waals surface area (Å²) >= 11 is 0. The van der Waals surface area contributed by atoms with Gasteiger partial charge in [-0.15, -0.1) is 24.0 Å². The van der Waals surface area contributed by atoms with Crippen molar-refractivity contribution in [3.63, 3.8) is 0 Å². The number of nitrogens with zero attached hydrogens (tertiary/aromatic N) is 2. The van der Waals surface area contributed by atoms with Crippen LogP contribution >= 0.6 is 24.0 Å². The summed E-state index contributed by atoms with van der Waals surface area (Å²) in [7, 11) is 3.85. The van der Waals surface area contributed by atoms with Gasteiger partial charge < -0.3 is 20.3 Å². The second-order valence-corrected chi connectivity index (χ2v) is 7.06. The summed E-state index contributed by atoms with van der Waals surface area (Å²) in [5.74, 6) is 0.666. The number of likely N-dealkylation sites (N-methyl/N-ethyl adjacent to an activating group) is 1. The van der Waals surface area contributed by atoms with Crippen molar-refractivity contribution >= 4 is 29.9 Å². The van der Waals surface area contributed by atoms with Gasteiger partial charge in [0, 0.05) is 45.3 Å². The van der Waals surface area contributed by atoms with Crippen molar-refractivity contribution in [1.29, 1.82) is 0 Å². The second-order valence-electron chi connectivity index (χ2n) is 7.06. The minimum absolute atomic E-state index is 0. The Hall–Kier alpha value is -0.930. The second kappa shape index (κ2) is 12.5. The van der Waals surface area contributed by atoms with Gasteiger partial charge in [0.1, 0.15) is 5.82 Å². The van der Waals surface area contributed by atoms with E-state index in [0.717, 1.165) is 63.6 Å². The van der Waals surface area contributed by atoms with Crippen LogP contribution in [0.1, 0.15) is 31.7 Å². The first-order chi connectivity index (χ1) is 12.6. The van der Waals surface area contributed by atoms with E-state index < -0.39 is 0 Å². The molecule has 0 amide bonds. The van der Waals surface area contributed by atoms with Gasteiger partial charge in [0.2, 0.25) is 0 Å². The third-order valence-electron chi connectivity index (χ3n) is 4.85. The minimum atomic E-state index is -0.167. The molecule has 2 rings (SSSR count). The van der Waals surface area contributed by atoms with E-state index in [2.05, 4.69) is 29.5 Å². The molecular weight excluding hydrogens is 458 g/mol. The molecule has 0 radical (unpaired) electrons. The maximum Gasteiger partial charge on any atom is 0.191 e. The van der Waals surface area contributed by atoms with Crippen LogP contribution in [0.15, 0.2) is 29.3 Å². The zero-order valence-corrected chi connectivity index (χ0v) is 19.1. The van der Waals surface area contributed by atoms with E-state index in [-0.39, 0.29) is 35.2 Å². The highest BCUT2D eigenvalue weighted by atomic mass is 127. The van der Waals surface area contributed by atoms with Gasteiger partial charge in [-0.1, -0.05) is 12.1 Å². The highest BCUT2D eigenvalue weighted by molar-refractivity contribution is 14.0. The Bertz CT molecular complexity index is 581. The van der Waals surface area contributed by atoms with Crippen molar-refractivity contribution in [3.8, 4) is 0 Å². The number of methoxy groups -OCH3 is 1. The van der Waals surface area contributed by atoms with Crippen molar-refractivity contribution in [2.75, 3.05) is 53.5 Å². The van der Waals surface area contributed by atoms with Crippen LogP contribution in [0.2, 0.25) is 0 Å². The van der Waals surface area contributed by atoms with Gasteiger partial charge in [0.15, 0.2) is 5.96 Å². The van der Waals surface area contributed by atoms with Crippen LogP contribution in [-0.4, -0.2) is 64.3 Å². The van der Waals surface area contributed by atoms with Gasteiger partial charge in [-0.25, -0.2) is 4.39 Å². The summed E-state index contributed by atoms with van der Waals surface area (Å²) < 4.78 is 18.6. The van der Waals surface area contributed by atoms with Crippen LogP contribution in [-0.2, 0) is 10.2 Å². The molecule has 0 atom stereocenters. The average molecular weight is 492 g/mol. The molecule has 0 unspecified atom stereocenters. The third kappa shape index (κ3) is 8.31. The molecular formula is C20H34FIN4O. The predicted octanol–water partition coefficient (Wildman–Crippen LogP) is 3.00. The van der Waals surface area contributed by atoms with Crippen molar-refractivity contribution in [2.45, 2.75) is 31.6 Å². The summed E-state index contributed by atoms with van der Waals surface area (Å²) in [4.78, 5) is 7.04. The fraction of sp³-hybridized carbons (Fsp3) is 0.650. The lowest BCUT2D eigenvalue weighted by Gasteiger charge is -2.19. The Balaban J connectivity index is 0.00000364. The third-order valence-corrected chi connectivity index (χ3v) is 4.85. The first-order valence-corrected chi connectivity index (χ1v) is 9.55. The monoisotopic (exact) mass is 492 g/mol. The molecule has 1 aliphatic rings. The molecule has 0 bridgehead atoms. The topological polar surface area (TPSA) is 48.9 Å². The minimum Gasteiger partial charge on any atom is -0.385 e. The van der Waals surface area contributed by atoms with Crippen LogP contribution in [0.5, 0.6) is 0 Å². The van der Waals surface area contributed by atoms with Crippen LogP contribution in [0.25, 0.3) is 0 Å². The molecule has 27 heavy (non-hydrogen) atoms. The summed E-state index contributed by atoms with van der Waals surface area (Å²) in [6.07, 6.45) is 3.18. The highest BCUT2D eigenvalue weighted by Crippen LogP contribution is 2.48. The lowest BCUT2D eigenvalue weighted by atomic mass is 9.96. The predicted molar refractivity (Wildman–Crippen MR) is 121 cm³/mol. The number of nitrogens with one attached hydrogen (secondary N) is 2. The van der Waals surface area contributed by atoms with Gasteiger partial charge in [0.05, 0.1) is 6.54 Å². The smallest absolute Gasteiger partial charge is 0.191 e. The number of benzene rings is 1. The molecule has 1 aromatic carbocycles. The molecule has 1 aromatic rings. The summed E-state index contributed by atoms with van der Waals surface area (Å²) in [5.41, 5.74) is 1.08. The van der Waals surface area contributed by atoms with E-state index in [0.29, 0.717) is 6.54 Å². The SMILES string of the molecule is CCNC(=NCC1(c2cccc(F)c2)CC1)NCCN(C)CCCOC.I. The standard InChI is InChI=1S/C20H33FN4O.HI/c1-4-22-19(23-11-13-25(2)12-6-14-26-3)24-16-20(9-10-20)17-7-5-8-18(21)15-17;/h5,7-8,15H,4,6,9-14,16H2,1-3H3,(H2,22,23,24);1H. The molecule has 154 valence electrons. The Labute approximate surface area is 180 Å². The molecule has 1 saturated carbocycles. The van der Waals surface area contributed by atoms with E-state index in [4.69, 9.17) is 9.73 Å². The van der Waals surface area contributed by atoms with Gasteiger partial charge in [-0.05, 0) is 50.9 Å². The zero-order valence-electron chi connectivity index (χ0n) is 16.8. The first kappa shape index (κ1) is 24.1. The number of hydrogen-bond donors (Lipinski definition) is 2. The van der Waals surface area contributed by atoms with Crippen molar-refractivity contribution < 1.29 is 9.13 Å². The zero-order chi connectivity index (χ0) is 18.8. The summed E-state index contributed by atoms with van der Waals surface area (Å²) in [6, 6.07) is 6.95. The van der Waals surface area contributed by atoms with Crippen molar-refractivity contribution in [2.24, 2.45) is 4.99 Å². The number of aliphatic imine (C=N–C) groups is 1. The van der Waals surface area contributed by atoms with Gasteiger partial charge in [-0.2, -0.15) is 0 Å². The molecule has 2 N–H and O–H groups in total. The summed E-state index contributed by atoms with van der Waals surface area (Å²) in [6.45, 7) is 7.17. The number of halogens is 2. The first-order valence-electron chi connectivity index (χ1n) is 9.55. The van der Waals surface area contributed by atoms with E-state index in [1.54, 1.807) is 19.2 Å². The van der Waals surface area contributed by atoms with E-state index in [9.17, 15) is 4.39 Å². The number of rotatable bonds is 11. The molecule has 0 aromatic heterocycles. The van der Waals surface area contributed by atoms with Gasteiger partial charge in [0.25, 0.3) is 0 Å². The quantitative estimate of drug-likeness (QED) is 0.216. The Morgan fingerprint density at radius 2 is 2.07 bits per heavy atom. The molecule has 0 heterocycles. The van der Waals surface area contributed by atoms with Gasteiger partial charge >= 0.3 is 0 Å². The van der Waals surface area contributed by atoms with Crippen molar-refractivity contribution in [1.82, 2.24) is 15.5 Å². The van der Waals surface area contributed by atoms with Crippen LogP contribution in [0.3, 0.4) is 0 Å². The molecule has 7 heteroatoms. The molecule has 1 fully saturated rings. The lowest BCUT2D eigenvalue weighted by molar-refractivity contribution is 0.180. The van der Waals surface area contributed by atoms with Crippen LogP contribution in [0, 0.1) is 5.82 Å². The molecule has 0 spiro atoms. The molecule has 0 aliphatic heterocycles. The number of hydrogen-bond acceptors (Lipinski definition) is 3. The Morgan fingerprint density at radius 3 is 2.70 bits per heavy atom. The van der Waals surface area contributed by atoms with E-state index >= 15 is 0 Å². The Morgan fingerprint density at radius 1 is 1.30 bits per heavy atom. The fourth-order valence-electron chi connectivity index (χ4n) is 3.04. The highest BCUT2D eigenvalue weighted by Gasteiger charge is 2.44. The maximum atomic E-state index is 13.5. The van der Waals surface area contributed by atoms with Gasteiger partial charge in [-0.3, -0.25) is 4.99 Å². The van der Waals surface area contributed by atoms with Crippen molar-refractivity contribution in [3.05, 3.63) is 35.6 Å². The molecule has 1 aliphatic carbocycles. The number of ether oxygens (including phenoxy) is 1. The largest absolute Gasteiger partial charge is 0.385 e. The normalized spacial score (nSPS) is 15.4. The van der Waals surface area contributed by atoms with E-state index in [1.165, 1.54) is 6.07 Å². The summed E-state index contributed by atoms with van der Waals surface area (Å²) in [5, 5.41) is 6.70. The average Bonchev–Trinajstić information content (AvgIpc) is 3.41.